The molecule has 6 nitrogen and oxygen atoms in total. The summed E-state index contributed by atoms with van der Waals surface area (Å²) in [5, 5.41) is 8.42. The molecule has 0 saturated carbocycles. The molecule has 1 N–H and O–H groups in total. The van der Waals surface area contributed by atoms with E-state index in [2.05, 4.69) is 0 Å². The van der Waals surface area contributed by atoms with E-state index in [0.717, 1.165) is 30.4 Å². The van der Waals surface area contributed by atoms with Crippen LogP contribution in [-0.4, -0.2) is 43.1 Å². The van der Waals surface area contributed by atoms with E-state index >= 15 is 0 Å². The molecule has 2 bridgehead atoms. The molecule has 3 rings (SSSR count). The first kappa shape index (κ1) is 17.2. The normalized spacial score (nSPS) is 21.9. The number of thioether (sulfide) groups is 1. The Morgan fingerprint density at radius 3 is 2.79 bits per heavy atom. The zero-order valence-electron chi connectivity index (χ0n) is 13.0. The van der Waals surface area contributed by atoms with Gasteiger partial charge in [-0.05, 0) is 30.2 Å². The monoisotopic (exact) mass is 366 g/mol. The zero-order chi connectivity index (χ0) is 17.3. The fraction of sp³-hybridized carbons (Fsp3) is 0.500. The molecule has 2 aliphatic heterocycles. The number of aliphatic carboxylic acids is 1. The minimum Gasteiger partial charge on any atom is -0.481 e. The molecule has 3 heterocycles. The highest BCUT2D eigenvalue weighted by atomic mass is 32.2. The molecule has 0 spiro atoms. The van der Waals surface area contributed by atoms with Crippen molar-refractivity contribution in [2.24, 2.45) is 5.92 Å². The summed E-state index contributed by atoms with van der Waals surface area (Å²) in [7, 11) is 0. The van der Waals surface area contributed by atoms with Crippen LogP contribution in [0.15, 0.2) is 23.0 Å². The summed E-state index contributed by atoms with van der Waals surface area (Å²) >= 11 is 6.34. The summed E-state index contributed by atoms with van der Waals surface area (Å²) < 4.78 is 2.36. The molecule has 1 fully saturated rings. The van der Waals surface area contributed by atoms with Gasteiger partial charge in [0, 0.05) is 43.7 Å². The molecular formula is C16H18N2O4S2. The average Bonchev–Trinajstić information content (AvgIpc) is 2.54. The maximum atomic E-state index is 12.0. The standard InChI is InChI=1S/C16H18N2O4S2/c19-13-3-1-2-12-11-6-10(8-18(12)13)7-17(9-11)16(23)24-15(22)5-4-14(20)21/h1-3,10-11H,4-9H2,(H,20,21)/t10-,11+/m1/s1. The Bertz CT molecular complexity index is 746. The lowest BCUT2D eigenvalue weighted by Crippen LogP contribution is -2.48. The van der Waals surface area contributed by atoms with Crippen LogP contribution in [-0.2, 0) is 16.1 Å². The molecule has 24 heavy (non-hydrogen) atoms. The minimum atomic E-state index is -0.982. The molecule has 128 valence electrons. The molecule has 1 saturated heterocycles. The SMILES string of the molecule is O=C(O)CCC(=O)SC(=S)N1C[C@H]2C[C@@H](C1)c1cccc(=O)n1C2. The Morgan fingerprint density at radius 1 is 1.25 bits per heavy atom. The van der Waals surface area contributed by atoms with Crippen LogP contribution in [0, 0.1) is 5.92 Å². The van der Waals surface area contributed by atoms with Crippen LogP contribution in [0.3, 0.4) is 0 Å². The number of aromatic nitrogens is 1. The van der Waals surface area contributed by atoms with Gasteiger partial charge in [0.15, 0.2) is 5.12 Å². The van der Waals surface area contributed by atoms with Crippen molar-refractivity contribution in [1.82, 2.24) is 9.47 Å². The molecule has 0 aromatic carbocycles. The summed E-state index contributed by atoms with van der Waals surface area (Å²) in [6.07, 6.45) is 0.843. The number of hydrogen-bond donors (Lipinski definition) is 1. The molecule has 2 aliphatic rings. The van der Waals surface area contributed by atoms with Crippen molar-refractivity contribution in [3.05, 3.63) is 34.2 Å². The molecule has 0 unspecified atom stereocenters. The first-order valence-corrected chi connectivity index (χ1v) is 9.07. The third kappa shape index (κ3) is 3.70. The van der Waals surface area contributed by atoms with E-state index in [-0.39, 0.29) is 29.4 Å². The topological polar surface area (TPSA) is 79.6 Å². The second kappa shape index (κ2) is 7.06. The Balaban J connectivity index is 1.66. The largest absolute Gasteiger partial charge is 0.481 e. The highest BCUT2D eigenvalue weighted by Crippen LogP contribution is 2.36. The molecular weight excluding hydrogens is 348 g/mol. The van der Waals surface area contributed by atoms with Crippen molar-refractivity contribution in [3.63, 3.8) is 0 Å². The first-order valence-electron chi connectivity index (χ1n) is 7.85. The lowest BCUT2D eigenvalue weighted by atomic mass is 9.83. The number of carboxylic acids is 1. The van der Waals surface area contributed by atoms with E-state index in [0.29, 0.717) is 23.3 Å². The Labute approximate surface area is 148 Å². The second-order valence-corrected chi connectivity index (χ2v) is 7.93. The molecule has 2 atom stereocenters. The Hall–Kier alpha value is -1.67. The smallest absolute Gasteiger partial charge is 0.303 e. The maximum absolute atomic E-state index is 12.0. The van der Waals surface area contributed by atoms with Gasteiger partial charge in [-0.25, -0.2) is 0 Å². The van der Waals surface area contributed by atoms with Gasteiger partial charge in [0.1, 0.15) is 4.32 Å². The lowest BCUT2D eigenvalue weighted by molar-refractivity contribution is -0.137. The van der Waals surface area contributed by atoms with E-state index in [1.807, 2.05) is 15.5 Å². The van der Waals surface area contributed by atoms with Crippen molar-refractivity contribution >= 4 is 39.4 Å². The molecule has 0 radical (unpaired) electrons. The van der Waals surface area contributed by atoms with Crippen LogP contribution in [0.2, 0.25) is 0 Å². The first-order chi connectivity index (χ1) is 11.4. The number of hydrogen-bond acceptors (Lipinski definition) is 5. The fourth-order valence-electron chi connectivity index (χ4n) is 3.47. The van der Waals surface area contributed by atoms with E-state index in [9.17, 15) is 14.4 Å². The molecule has 1 aromatic heterocycles. The van der Waals surface area contributed by atoms with Gasteiger partial charge >= 0.3 is 5.97 Å². The molecule has 0 aliphatic carbocycles. The number of piperidine rings is 1. The average molecular weight is 366 g/mol. The molecule has 8 heteroatoms. The van der Waals surface area contributed by atoms with Gasteiger partial charge in [-0.2, -0.15) is 0 Å². The van der Waals surface area contributed by atoms with E-state index in [1.165, 1.54) is 0 Å². The van der Waals surface area contributed by atoms with Crippen LogP contribution < -0.4 is 5.56 Å². The van der Waals surface area contributed by atoms with Crippen molar-refractivity contribution in [1.29, 1.82) is 0 Å². The van der Waals surface area contributed by atoms with Gasteiger partial charge in [-0.1, -0.05) is 18.3 Å². The summed E-state index contributed by atoms with van der Waals surface area (Å²) in [5.74, 6) is -0.410. The van der Waals surface area contributed by atoms with Crippen molar-refractivity contribution in [2.45, 2.75) is 31.7 Å². The second-order valence-electron chi connectivity index (χ2n) is 6.24. The minimum absolute atomic E-state index is 0.0148. The van der Waals surface area contributed by atoms with Crippen LogP contribution in [0.1, 0.15) is 30.9 Å². The van der Waals surface area contributed by atoms with Crippen LogP contribution in [0.5, 0.6) is 0 Å². The number of likely N-dealkylation sites (tertiary alicyclic amines) is 1. The van der Waals surface area contributed by atoms with E-state index < -0.39 is 5.97 Å². The quantitative estimate of drug-likeness (QED) is 0.815. The number of carbonyl (C=O) groups is 2. The third-order valence-corrected chi connectivity index (χ3v) is 5.85. The number of carboxylic acid groups (broad SMARTS) is 1. The van der Waals surface area contributed by atoms with E-state index in [4.69, 9.17) is 17.3 Å². The van der Waals surface area contributed by atoms with Gasteiger partial charge in [0.25, 0.3) is 5.56 Å². The summed E-state index contributed by atoms with van der Waals surface area (Å²) in [4.78, 5) is 36.4. The Morgan fingerprint density at radius 2 is 2.04 bits per heavy atom. The van der Waals surface area contributed by atoms with Crippen LogP contribution in [0.4, 0.5) is 0 Å². The lowest BCUT2D eigenvalue weighted by Gasteiger charge is -2.43. The van der Waals surface area contributed by atoms with Gasteiger partial charge in [-0.15, -0.1) is 0 Å². The molecule has 1 aromatic rings. The number of carbonyl (C=O) groups excluding carboxylic acids is 1. The van der Waals surface area contributed by atoms with Crippen molar-refractivity contribution in [3.8, 4) is 0 Å². The highest BCUT2D eigenvalue weighted by Gasteiger charge is 2.35. The maximum Gasteiger partial charge on any atom is 0.303 e. The number of pyridine rings is 1. The number of nitrogens with zero attached hydrogens (tertiary/aromatic N) is 2. The zero-order valence-corrected chi connectivity index (χ0v) is 14.6. The van der Waals surface area contributed by atoms with Crippen LogP contribution >= 0.6 is 24.0 Å². The fourth-order valence-corrected chi connectivity index (χ4v) is 4.57. The van der Waals surface area contributed by atoms with Gasteiger partial charge in [-0.3, -0.25) is 14.4 Å². The number of fused-ring (bicyclic) bond motifs is 4. The van der Waals surface area contributed by atoms with Crippen molar-refractivity contribution < 1.29 is 14.7 Å². The summed E-state index contributed by atoms with van der Waals surface area (Å²) in [6.45, 7) is 2.11. The predicted molar refractivity (Wildman–Crippen MR) is 95.2 cm³/mol. The van der Waals surface area contributed by atoms with Crippen LogP contribution in [0.25, 0.3) is 0 Å². The van der Waals surface area contributed by atoms with Gasteiger partial charge in [0.2, 0.25) is 0 Å². The number of thiocarbonyl (C=S) groups is 1. The number of rotatable bonds is 3. The van der Waals surface area contributed by atoms with Gasteiger partial charge < -0.3 is 14.6 Å². The summed E-state index contributed by atoms with van der Waals surface area (Å²) in [5.41, 5.74) is 1.07. The van der Waals surface area contributed by atoms with Gasteiger partial charge in [0.05, 0.1) is 6.42 Å². The third-order valence-electron chi connectivity index (χ3n) is 4.48. The van der Waals surface area contributed by atoms with E-state index in [1.54, 1.807) is 12.1 Å². The van der Waals surface area contributed by atoms with Crippen molar-refractivity contribution in [2.75, 3.05) is 13.1 Å². The molecule has 0 amide bonds. The highest BCUT2D eigenvalue weighted by molar-refractivity contribution is 8.32. The summed E-state index contributed by atoms with van der Waals surface area (Å²) in [6, 6.07) is 5.36. The predicted octanol–water partition coefficient (Wildman–Crippen LogP) is 1.68. The Kier molecular flexibility index (Phi) is 5.05.